The van der Waals surface area contributed by atoms with Gasteiger partial charge in [0.1, 0.15) is 6.61 Å². The summed E-state index contributed by atoms with van der Waals surface area (Å²) in [5.74, 6) is -0.923. The molecule has 1 aliphatic heterocycles. The summed E-state index contributed by atoms with van der Waals surface area (Å²) in [5, 5.41) is 17.2. The second kappa shape index (κ2) is 12.3. The van der Waals surface area contributed by atoms with E-state index in [2.05, 4.69) is 15.5 Å². The van der Waals surface area contributed by atoms with Gasteiger partial charge in [-0.15, -0.1) is 10.2 Å². The third kappa shape index (κ3) is 8.40. The molecule has 0 aliphatic carbocycles. The Morgan fingerprint density at radius 3 is 1.94 bits per heavy atom. The van der Waals surface area contributed by atoms with Crippen LogP contribution in [0, 0.1) is 0 Å². The molecule has 0 atom stereocenters. The smallest absolute Gasteiger partial charge is 0.442 e. The molecule has 0 spiro atoms. The number of carbonyl (C=O) groups excluding carboxylic acids is 1. The summed E-state index contributed by atoms with van der Waals surface area (Å²) in [4.78, 5) is 21.9. The molecule has 0 saturated heterocycles. The largest absolute Gasteiger partial charge is 0.481 e. The number of halogens is 3. The van der Waals surface area contributed by atoms with E-state index in [4.69, 9.17) is 24.1 Å². The Hall–Kier alpha value is -2.77. The van der Waals surface area contributed by atoms with E-state index in [0.717, 1.165) is 0 Å². The van der Waals surface area contributed by atoms with Gasteiger partial charge < -0.3 is 29.4 Å². The molecule has 1 aromatic carbocycles. The van der Waals surface area contributed by atoms with E-state index >= 15 is 0 Å². The maximum Gasteiger partial charge on any atom is 0.442 e. The lowest BCUT2D eigenvalue weighted by Gasteiger charge is -2.15. The van der Waals surface area contributed by atoms with Crippen molar-refractivity contribution in [2.24, 2.45) is 10.2 Å². The van der Waals surface area contributed by atoms with Crippen molar-refractivity contribution >= 4 is 12.1 Å². The molecule has 2 N–H and O–H groups in total. The number of carboxylic acids is 1. The monoisotopic (exact) mass is 463 g/mol. The summed E-state index contributed by atoms with van der Waals surface area (Å²) in [6.45, 7) is 1.57. The molecule has 0 aromatic heterocycles. The minimum atomic E-state index is -4.58. The number of nitrogens with one attached hydrogen (secondary N) is 1. The van der Waals surface area contributed by atoms with Crippen molar-refractivity contribution < 1.29 is 46.8 Å². The van der Waals surface area contributed by atoms with Gasteiger partial charge in [0, 0.05) is 12.1 Å². The lowest BCUT2D eigenvalue weighted by molar-refractivity contribution is -0.166. The first-order valence-electron chi connectivity index (χ1n) is 9.70. The van der Waals surface area contributed by atoms with Crippen LogP contribution in [0.4, 0.5) is 18.0 Å². The fourth-order valence-corrected chi connectivity index (χ4v) is 2.42. The van der Waals surface area contributed by atoms with Gasteiger partial charge in [-0.2, -0.15) is 13.2 Å². The highest BCUT2D eigenvalue weighted by molar-refractivity contribution is 5.67. The molecule has 0 bridgehead atoms. The molecule has 10 nitrogen and oxygen atoms in total. The Morgan fingerprint density at radius 1 is 0.906 bits per heavy atom. The maximum absolute atomic E-state index is 13.0. The minimum Gasteiger partial charge on any atom is -0.481 e. The van der Waals surface area contributed by atoms with E-state index in [-0.39, 0.29) is 51.6 Å². The molecular weight excluding hydrogens is 439 g/mol. The zero-order valence-corrected chi connectivity index (χ0v) is 17.1. The van der Waals surface area contributed by atoms with Gasteiger partial charge >= 0.3 is 23.9 Å². The number of aliphatic carboxylic acids is 1. The van der Waals surface area contributed by atoms with E-state index in [1.54, 1.807) is 0 Å². The summed E-state index contributed by atoms with van der Waals surface area (Å²) < 4.78 is 59.3. The number of hydrogen-bond donors (Lipinski definition) is 2. The molecule has 32 heavy (non-hydrogen) atoms. The Kier molecular flexibility index (Phi) is 9.81. The molecule has 2 rings (SSSR count). The van der Waals surface area contributed by atoms with Crippen LogP contribution < -0.4 is 5.32 Å². The van der Waals surface area contributed by atoms with Gasteiger partial charge in [0.25, 0.3) is 0 Å². The van der Waals surface area contributed by atoms with E-state index in [9.17, 15) is 22.8 Å². The molecule has 1 aliphatic rings. The molecule has 1 amide bonds. The number of benzene rings is 1. The fourth-order valence-electron chi connectivity index (χ4n) is 2.42. The van der Waals surface area contributed by atoms with Crippen LogP contribution in [-0.2, 0) is 35.9 Å². The van der Waals surface area contributed by atoms with Crippen molar-refractivity contribution in [1.29, 1.82) is 0 Å². The summed E-state index contributed by atoms with van der Waals surface area (Å²) in [6, 6.07) is 5.45. The Balaban J connectivity index is 1.47. The number of ether oxygens (including phenoxy) is 4. The number of alkyl carbamates (subject to hydrolysis) is 1. The van der Waals surface area contributed by atoms with Crippen molar-refractivity contribution in [2.45, 2.75) is 24.8 Å². The molecule has 178 valence electrons. The predicted octanol–water partition coefficient (Wildman–Crippen LogP) is 2.62. The van der Waals surface area contributed by atoms with E-state index < -0.39 is 23.9 Å². The normalized spacial score (nSPS) is 14.2. The number of nitrogens with zero attached hydrogens (tertiary/aromatic N) is 2. The van der Waals surface area contributed by atoms with Gasteiger partial charge in [0.2, 0.25) is 0 Å². The van der Waals surface area contributed by atoms with Crippen molar-refractivity contribution in [3.63, 3.8) is 0 Å². The lowest BCUT2D eigenvalue weighted by Crippen LogP contribution is -2.30. The Bertz CT molecular complexity index is 766. The Labute approximate surface area is 181 Å². The highest BCUT2D eigenvalue weighted by Gasteiger charge is 2.65. The molecule has 0 saturated carbocycles. The first-order valence-corrected chi connectivity index (χ1v) is 9.70. The Morgan fingerprint density at radius 2 is 1.44 bits per heavy atom. The van der Waals surface area contributed by atoms with Crippen LogP contribution in [0.25, 0.3) is 0 Å². The van der Waals surface area contributed by atoms with Crippen LogP contribution >= 0.6 is 0 Å². The van der Waals surface area contributed by atoms with Crippen molar-refractivity contribution in [1.82, 2.24) is 5.32 Å². The summed E-state index contributed by atoms with van der Waals surface area (Å²) in [5.41, 5.74) is -1.95. The number of hydrogen-bond acceptors (Lipinski definition) is 8. The van der Waals surface area contributed by atoms with Crippen LogP contribution in [0.15, 0.2) is 34.5 Å². The third-order valence-corrected chi connectivity index (χ3v) is 4.15. The van der Waals surface area contributed by atoms with Crippen molar-refractivity contribution in [2.75, 3.05) is 46.2 Å². The standard InChI is InChI=1S/C19H24F3N3O7/c20-19(21,22)18(24-25-18)15-3-1-14(2-4-15)13-23-17(28)32-12-11-31-10-9-30-8-7-29-6-5-16(26)27/h1-4H,5-13H2,(H,23,28)(H,26,27). The lowest BCUT2D eigenvalue weighted by atomic mass is 10.0. The third-order valence-electron chi connectivity index (χ3n) is 4.15. The average Bonchev–Trinajstić information content (AvgIpc) is 3.55. The zero-order chi connectivity index (χ0) is 23.5. The predicted molar refractivity (Wildman–Crippen MR) is 102 cm³/mol. The van der Waals surface area contributed by atoms with Crippen LogP contribution in [0.3, 0.4) is 0 Å². The van der Waals surface area contributed by atoms with Gasteiger partial charge in [-0.25, -0.2) is 4.79 Å². The molecule has 0 radical (unpaired) electrons. The van der Waals surface area contributed by atoms with Gasteiger partial charge in [0.15, 0.2) is 0 Å². The maximum atomic E-state index is 13.0. The van der Waals surface area contributed by atoms with Crippen LogP contribution in [0.2, 0.25) is 0 Å². The minimum absolute atomic E-state index is 0.0141. The van der Waals surface area contributed by atoms with Crippen molar-refractivity contribution in [3.05, 3.63) is 35.4 Å². The highest BCUT2D eigenvalue weighted by Crippen LogP contribution is 2.52. The molecule has 1 aromatic rings. The van der Waals surface area contributed by atoms with Crippen LogP contribution in [0.1, 0.15) is 17.5 Å². The second-order valence-corrected chi connectivity index (χ2v) is 6.54. The number of alkyl halides is 3. The molecule has 13 heteroatoms. The molecule has 0 unspecified atom stereocenters. The van der Waals surface area contributed by atoms with Crippen LogP contribution in [0.5, 0.6) is 0 Å². The number of amides is 1. The number of carbonyl (C=O) groups is 2. The average molecular weight is 463 g/mol. The molecule has 1 heterocycles. The van der Waals surface area contributed by atoms with Gasteiger partial charge in [0.05, 0.1) is 46.1 Å². The molecule has 0 fully saturated rings. The van der Waals surface area contributed by atoms with E-state index in [1.165, 1.54) is 24.3 Å². The highest BCUT2D eigenvalue weighted by atomic mass is 19.4. The second-order valence-electron chi connectivity index (χ2n) is 6.54. The van der Waals surface area contributed by atoms with Gasteiger partial charge in [-0.05, 0) is 5.56 Å². The first-order chi connectivity index (χ1) is 15.2. The first kappa shape index (κ1) is 25.5. The van der Waals surface area contributed by atoms with E-state index in [0.29, 0.717) is 18.8 Å². The topological polar surface area (TPSA) is 128 Å². The van der Waals surface area contributed by atoms with E-state index in [1.807, 2.05) is 0 Å². The van der Waals surface area contributed by atoms with Crippen molar-refractivity contribution in [3.8, 4) is 0 Å². The fraction of sp³-hybridized carbons (Fsp3) is 0.579. The van der Waals surface area contributed by atoms with Gasteiger partial charge in [-0.3, -0.25) is 4.79 Å². The summed E-state index contributed by atoms with van der Waals surface area (Å²) in [7, 11) is 0. The zero-order valence-electron chi connectivity index (χ0n) is 17.1. The SMILES string of the molecule is O=C(O)CCOCCOCCOCCOC(=O)NCc1ccc(C2(C(F)(F)F)N=N2)cc1. The van der Waals surface area contributed by atoms with Crippen LogP contribution in [-0.4, -0.2) is 69.6 Å². The summed E-state index contributed by atoms with van der Waals surface area (Å²) in [6.07, 6.45) is -5.33. The summed E-state index contributed by atoms with van der Waals surface area (Å²) >= 11 is 0. The van der Waals surface area contributed by atoms with Gasteiger partial charge in [-0.1, -0.05) is 24.3 Å². The quantitative estimate of drug-likeness (QED) is 0.383. The number of carboxylic acid groups (broad SMARTS) is 1. The molecular formula is C19H24F3N3O7. The number of rotatable bonds is 15.